The summed E-state index contributed by atoms with van der Waals surface area (Å²) in [6.07, 6.45) is 6.39. The summed E-state index contributed by atoms with van der Waals surface area (Å²) in [5.74, 6) is -0.247. The number of halogens is 1. The van der Waals surface area contributed by atoms with Gasteiger partial charge in [0.25, 0.3) is 5.91 Å². The summed E-state index contributed by atoms with van der Waals surface area (Å²) in [6, 6.07) is 11.5. The first kappa shape index (κ1) is 18.0. The molecule has 4 rings (SSSR count). The van der Waals surface area contributed by atoms with Crippen LogP contribution in [-0.2, 0) is 0 Å². The van der Waals surface area contributed by atoms with Gasteiger partial charge in [0.05, 0.1) is 0 Å². The molecule has 0 unspecified atom stereocenters. The van der Waals surface area contributed by atoms with Crippen LogP contribution in [0, 0.1) is 5.82 Å². The summed E-state index contributed by atoms with van der Waals surface area (Å²) in [4.78, 5) is 27.4. The van der Waals surface area contributed by atoms with Crippen LogP contribution in [0.2, 0.25) is 0 Å². The van der Waals surface area contributed by atoms with Gasteiger partial charge >= 0.3 is 0 Å². The normalized spacial score (nSPS) is 16.6. The molecule has 0 saturated carbocycles. The van der Waals surface area contributed by atoms with Gasteiger partial charge in [0.1, 0.15) is 11.4 Å². The molecule has 0 bridgehead atoms. The quantitative estimate of drug-likeness (QED) is 0.690. The molecule has 28 heavy (non-hydrogen) atoms. The van der Waals surface area contributed by atoms with E-state index >= 15 is 0 Å². The van der Waals surface area contributed by atoms with E-state index in [9.17, 15) is 9.18 Å². The van der Waals surface area contributed by atoms with Gasteiger partial charge in [0.15, 0.2) is 11.6 Å². The van der Waals surface area contributed by atoms with Gasteiger partial charge in [0, 0.05) is 37.6 Å². The summed E-state index contributed by atoms with van der Waals surface area (Å²) in [5, 5.41) is 0. The number of benzene rings is 1. The van der Waals surface area contributed by atoms with Crippen molar-refractivity contribution in [2.75, 3.05) is 13.1 Å². The van der Waals surface area contributed by atoms with Crippen LogP contribution in [0.4, 0.5) is 4.39 Å². The highest BCUT2D eigenvalue weighted by molar-refractivity contribution is 5.92. The number of para-hydroxylation sites is 1. The Morgan fingerprint density at radius 3 is 2.68 bits per heavy atom. The molecule has 1 atom stereocenters. The van der Waals surface area contributed by atoms with Crippen LogP contribution < -0.4 is 4.74 Å². The van der Waals surface area contributed by atoms with Crippen molar-refractivity contribution in [2.24, 2.45) is 0 Å². The number of rotatable bonds is 4. The molecule has 0 aliphatic carbocycles. The topological polar surface area (TPSA) is 68.2 Å². The summed E-state index contributed by atoms with van der Waals surface area (Å²) < 4.78 is 19.7. The summed E-state index contributed by atoms with van der Waals surface area (Å²) in [6.45, 7) is 1.15. The first-order valence-electron chi connectivity index (χ1n) is 9.16. The molecule has 7 heteroatoms. The van der Waals surface area contributed by atoms with E-state index in [0.717, 1.165) is 12.8 Å². The van der Waals surface area contributed by atoms with E-state index in [4.69, 9.17) is 4.74 Å². The van der Waals surface area contributed by atoms with E-state index in [1.165, 1.54) is 12.3 Å². The predicted molar refractivity (Wildman–Crippen MR) is 101 cm³/mol. The number of carbonyl (C=O) groups excluding carboxylic acids is 1. The molecule has 6 nitrogen and oxygen atoms in total. The van der Waals surface area contributed by atoms with Crippen molar-refractivity contribution in [1.82, 2.24) is 19.9 Å². The third-order valence-electron chi connectivity index (χ3n) is 4.71. The number of pyridine rings is 1. The molecular formula is C21H19FN4O2. The number of hydrogen-bond donors (Lipinski definition) is 0. The first-order valence-corrected chi connectivity index (χ1v) is 9.16. The Bertz CT molecular complexity index is 967. The van der Waals surface area contributed by atoms with E-state index < -0.39 is 5.82 Å². The van der Waals surface area contributed by atoms with Crippen LogP contribution in [0.1, 0.15) is 34.9 Å². The molecule has 0 radical (unpaired) electrons. The van der Waals surface area contributed by atoms with E-state index in [2.05, 4.69) is 15.0 Å². The molecule has 1 aliphatic rings. The molecule has 3 aromatic rings. The van der Waals surface area contributed by atoms with Crippen molar-refractivity contribution in [3.05, 3.63) is 78.3 Å². The van der Waals surface area contributed by atoms with Crippen LogP contribution in [0.5, 0.6) is 11.6 Å². The van der Waals surface area contributed by atoms with Crippen LogP contribution in [0.3, 0.4) is 0 Å². The highest BCUT2D eigenvalue weighted by Gasteiger charge is 2.29. The highest BCUT2D eigenvalue weighted by atomic mass is 19.1. The third-order valence-corrected chi connectivity index (χ3v) is 4.71. The zero-order valence-corrected chi connectivity index (χ0v) is 15.2. The number of nitrogens with zero attached hydrogens (tertiary/aromatic N) is 4. The van der Waals surface area contributed by atoms with Crippen molar-refractivity contribution in [3.8, 4) is 11.6 Å². The molecule has 1 fully saturated rings. The van der Waals surface area contributed by atoms with Crippen molar-refractivity contribution >= 4 is 5.91 Å². The van der Waals surface area contributed by atoms with Gasteiger partial charge in [0.2, 0.25) is 5.88 Å². The average Bonchev–Trinajstić information content (AvgIpc) is 2.76. The zero-order chi connectivity index (χ0) is 19.3. The Kier molecular flexibility index (Phi) is 5.23. The number of aromatic nitrogens is 3. The Hall–Kier alpha value is -3.35. The van der Waals surface area contributed by atoms with Gasteiger partial charge in [-0.05, 0) is 37.1 Å². The lowest BCUT2D eigenvalue weighted by molar-refractivity contribution is 0.0699. The van der Waals surface area contributed by atoms with Gasteiger partial charge < -0.3 is 9.64 Å². The number of carbonyl (C=O) groups is 1. The van der Waals surface area contributed by atoms with E-state index in [1.54, 1.807) is 53.7 Å². The van der Waals surface area contributed by atoms with E-state index in [0.29, 0.717) is 24.5 Å². The van der Waals surface area contributed by atoms with Gasteiger partial charge in [-0.2, -0.15) is 0 Å². The van der Waals surface area contributed by atoms with E-state index in [1.807, 2.05) is 0 Å². The minimum absolute atomic E-state index is 0.0446. The summed E-state index contributed by atoms with van der Waals surface area (Å²) in [5.41, 5.74) is 1.05. The Labute approximate surface area is 162 Å². The smallest absolute Gasteiger partial charge is 0.272 e. The molecule has 3 heterocycles. The Morgan fingerprint density at radius 1 is 1.04 bits per heavy atom. The fraction of sp³-hybridized carbons (Fsp3) is 0.238. The van der Waals surface area contributed by atoms with Crippen molar-refractivity contribution < 1.29 is 13.9 Å². The number of hydrogen-bond acceptors (Lipinski definition) is 5. The summed E-state index contributed by atoms with van der Waals surface area (Å²) >= 11 is 0. The fourth-order valence-electron chi connectivity index (χ4n) is 3.36. The van der Waals surface area contributed by atoms with Crippen LogP contribution >= 0.6 is 0 Å². The minimum atomic E-state index is -0.463. The van der Waals surface area contributed by atoms with Gasteiger partial charge in [-0.25, -0.2) is 9.37 Å². The maximum Gasteiger partial charge on any atom is 0.272 e. The number of amides is 1. The molecular weight excluding hydrogens is 359 g/mol. The second kappa shape index (κ2) is 8.12. The number of piperidine rings is 1. The Balaban J connectivity index is 1.56. The SMILES string of the molecule is O=C(c1ccccn1)N1CCC[C@H](c2nccnc2Oc2ccccc2F)C1. The Morgan fingerprint density at radius 2 is 1.86 bits per heavy atom. The van der Waals surface area contributed by atoms with Crippen LogP contribution in [0.15, 0.2) is 61.1 Å². The second-order valence-electron chi connectivity index (χ2n) is 6.58. The monoisotopic (exact) mass is 378 g/mol. The van der Waals surface area contributed by atoms with Gasteiger partial charge in [-0.3, -0.25) is 14.8 Å². The standard InChI is InChI=1S/C21H19FN4O2/c22-16-7-1-2-9-18(16)28-20-19(24-11-12-25-20)15-6-5-13-26(14-15)21(27)17-8-3-4-10-23-17/h1-4,7-12,15H,5-6,13-14H2/t15-/m0/s1. The molecule has 1 aliphatic heterocycles. The lowest BCUT2D eigenvalue weighted by atomic mass is 9.94. The molecule has 1 amide bonds. The van der Waals surface area contributed by atoms with Crippen LogP contribution in [0.25, 0.3) is 0 Å². The third kappa shape index (κ3) is 3.83. The highest BCUT2D eigenvalue weighted by Crippen LogP contribution is 2.33. The molecule has 1 aromatic carbocycles. The molecule has 2 aromatic heterocycles. The first-order chi connectivity index (χ1) is 13.7. The number of ether oxygens (including phenoxy) is 1. The lowest BCUT2D eigenvalue weighted by Crippen LogP contribution is -2.39. The van der Waals surface area contributed by atoms with Gasteiger partial charge in [-0.15, -0.1) is 0 Å². The average molecular weight is 378 g/mol. The van der Waals surface area contributed by atoms with Crippen molar-refractivity contribution in [1.29, 1.82) is 0 Å². The number of likely N-dealkylation sites (tertiary alicyclic amines) is 1. The summed E-state index contributed by atoms with van der Waals surface area (Å²) in [7, 11) is 0. The minimum Gasteiger partial charge on any atom is -0.434 e. The molecule has 0 N–H and O–H groups in total. The predicted octanol–water partition coefficient (Wildman–Crippen LogP) is 3.82. The van der Waals surface area contributed by atoms with Crippen molar-refractivity contribution in [2.45, 2.75) is 18.8 Å². The van der Waals surface area contributed by atoms with E-state index in [-0.39, 0.29) is 23.5 Å². The molecule has 142 valence electrons. The molecule has 0 spiro atoms. The maximum atomic E-state index is 14.0. The lowest BCUT2D eigenvalue weighted by Gasteiger charge is -2.32. The van der Waals surface area contributed by atoms with Gasteiger partial charge in [-0.1, -0.05) is 18.2 Å². The fourth-order valence-corrected chi connectivity index (χ4v) is 3.36. The second-order valence-corrected chi connectivity index (χ2v) is 6.58. The van der Waals surface area contributed by atoms with Crippen LogP contribution in [-0.4, -0.2) is 38.8 Å². The largest absolute Gasteiger partial charge is 0.434 e. The van der Waals surface area contributed by atoms with Crippen molar-refractivity contribution in [3.63, 3.8) is 0 Å². The maximum absolute atomic E-state index is 14.0. The molecule has 1 saturated heterocycles. The zero-order valence-electron chi connectivity index (χ0n) is 15.2.